The van der Waals surface area contributed by atoms with Gasteiger partial charge in [-0.05, 0) is 49.3 Å². The number of carbonyl (C=O) groups excluding carboxylic acids is 1. The van der Waals surface area contributed by atoms with Gasteiger partial charge in [-0.3, -0.25) is 4.79 Å². The summed E-state index contributed by atoms with van der Waals surface area (Å²) in [5.41, 5.74) is 2.32. The molecule has 0 aromatic carbocycles. The van der Waals surface area contributed by atoms with Crippen molar-refractivity contribution in [2.45, 2.75) is 46.0 Å². The molecule has 2 nitrogen and oxygen atoms in total. The molecule has 1 aliphatic rings. The van der Waals surface area contributed by atoms with Gasteiger partial charge >= 0.3 is 0 Å². The first-order valence-electron chi connectivity index (χ1n) is 7.09. The Balaban J connectivity index is 2.27. The number of nitrogens with zero attached hydrogens (tertiary/aromatic N) is 1. The number of likely N-dealkylation sites (tertiary alicyclic amines) is 1. The molecule has 1 aromatic rings. The van der Waals surface area contributed by atoms with Crippen molar-refractivity contribution in [3.05, 3.63) is 28.0 Å². The maximum Gasteiger partial charge on any atom is 0.263 e. The van der Waals surface area contributed by atoms with Gasteiger partial charge in [-0.1, -0.05) is 20.4 Å². The fraction of sp³-hybridized carbons (Fsp3) is 0.562. The van der Waals surface area contributed by atoms with E-state index < -0.39 is 0 Å². The van der Waals surface area contributed by atoms with Crippen molar-refractivity contribution >= 4 is 22.8 Å². The second-order valence-electron chi connectivity index (χ2n) is 5.68. The van der Waals surface area contributed by atoms with E-state index in [2.05, 4.69) is 26.5 Å². The third kappa shape index (κ3) is 3.08. The number of hydrogen-bond donors (Lipinski definition) is 0. The van der Waals surface area contributed by atoms with E-state index in [1.54, 1.807) is 11.3 Å². The van der Waals surface area contributed by atoms with Crippen LogP contribution in [0.25, 0.3) is 5.57 Å². The summed E-state index contributed by atoms with van der Waals surface area (Å²) in [6.45, 7) is 12.2. The molecule has 2 heterocycles. The van der Waals surface area contributed by atoms with Crippen LogP contribution in [0.5, 0.6) is 0 Å². The molecule has 0 bridgehead atoms. The Kier molecular flexibility index (Phi) is 4.46. The maximum absolute atomic E-state index is 12.5. The zero-order valence-electron chi connectivity index (χ0n) is 12.2. The Morgan fingerprint density at radius 2 is 1.95 bits per heavy atom. The summed E-state index contributed by atoms with van der Waals surface area (Å²) in [4.78, 5) is 16.6. The second-order valence-corrected chi connectivity index (χ2v) is 6.74. The Hall–Kier alpha value is -1.09. The molecule has 0 saturated carbocycles. The van der Waals surface area contributed by atoms with E-state index in [1.165, 1.54) is 16.9 Å². The minimum Gasteiger partial charge on any atom is -0.338 e. The summed E-state index contributed by atoms with van der Waals surface area (Å²) in [7, 11) is 0. The van der Waals surface area contributed by atoms with Crippen LogP contribution in [0.2, 0.25) is 0 Å². The summed E-state index contributed by atoms with van der Waals surface area (Å²) in [5, 5.41) is 0. The van der Waals surface area contributed by atoms with E-state index in [0.29, 0.717) is 5.92 Å². The zero-order chi connectivity index (χ0) is 14.0. The molecular formula is C16H23NOS. The molecule has 1 fully saturated rings. The summed E-state index contributed by atoms with van der Waals surface area (Å²) < 4.78 is 0. The van der Waals surface area contributed by atoms with E-state index in [-0.39, 0.29) is 5.91 Å². The normalized spacial score (nSPS) is 15.9. The van der Waals surface area contributed by atoms with Crippen LogP contribution in [0.15, 0.2) is 12.6 Å². The van der Waals surface area contributed by atoms with Gasteiger partial charge in [0.15, 0.2) is 0 Å². The quantitative estimate of drug-likeness (QED) is 0.795. The molecule has 0 spiro atoms. The third-order valence-corrected chi connectivity index (χ3v) is 4.93. The van der Waals surface area contributed by atoms with Gasteiger partial charge in [-0.2, -0.15) is 0 Å². The standard InChI is InChI=1S/C16H23NOS/c1-11(2)13-10-14(19-15(13)12(3)4)16(18)17-8-6-5-7-9-17/h10-11H,3,5-9H2,1-2,4H3. The molecular weight excluding hydrogens is 254 g/mol. The van der Waals surface area contributed by atoms with Crippen LogP contribution in [0.4, 0.5) is 0 Å². The number of rotatable bonds is 3. The smallest absolute Gasteiger partial charge is 0.263 e. The highest BCUT2D eigenvalue weighted by Crippen LogP contribution is 2.34. The van der Waals surface area contributed by atoms with Crippen LogP contribution >= 0.6 is 11.3 Å². The molecule has 0 N–H and O–H groups in total. The van der Waals surface area contributed by atoms with E-state index in [0.717, 1.165) is 36.4 Å². The van der Waals surface area contributed by atoms with Gasteiger partial charge in [-0.25, -0.2) is 0 Å². The molecule has 0 unspecified atom stereocenters. The van der Waals surface area contributed by atoms with Gasteiger partial charge in [0, 0.05) is 18.0 Å². The summed E-state index contributed by atoms with van der Waals surface area (Å²) in [6, 6.07) is 2.08. The number of allylic oxidation sites excluding steroid dienone is 1. The van der Waals surface area contributed by atoms with Gasteiger partial charge in [-0.15, -0.1) is 11.3 Å². The fourth-order valence-electron chi connectivity index (χ4n) is 2.53. The van der Waals surface area contributed by atoms with E-state index >= 15 is 0 Å². The highest BCUT2D eigenvalue weighted by molar-refractivity contribution is 7.15. The van der Waals surface area contributed by atoms with Gasteiger partial charge in [0.1, 0.15) is 0 Å². The van der Waals surface area contributed by atoms with Gasteiger partial charge in [0.2, 0.25) is 0 Å². The highest BCUT2D eigenvalue weighted by Gasteiger charge is 2.22. The summed E-state index contributed by atoms with van der Waals surface area (Å²) in [6.07, 6.45) is 3.53. The van der Waals surface area contributed by atoms with Gasteiger partial charge in [0.05, 0.1) is 4.88 Å². The van der Waals surface area contributed by atoms with E-state index in [4.69, 9.17) is 0 Å². The lowest BCUT2D eigenvalue weighted by Gasteiger charge is -2.26. The Morgan fingerprint density at radius 3 is 2.42 bits per heavy atom. The molecule has 2 rings (SSSR count). The first-order valence-corrected chi connectivity index (χ1v) is 7.91. The van der Waals surface area contributed by atoms with Crippen molar-refractivity contribution in [1.82, 2.24) is 4.90 Å². The number of amides is 1. The third-order valence-electron chi connectivity index (χ3n) is 3.62. The lowest BCUT2D eigenvalue weighted by Crippen LogP contribution is -2.35. The Bertz CT molecular complexity index is 481. The molecule has 1 amide bonds. The maximum atomic E-state index is 12.5. The van der Waals surface area contributed by atoms with E-state index in [1.807, 2.05) is 11.8 Å². The van der Waals surface area contributed by atoms with Crippen LogP contribution < -0.4 is 0 Å². The molecule has 19 heavy (non-hydrogen) atoms. The average molecular weight is 277 g/mol. The number of carbonyl (C=O) groups is 1. The first-order chi connectivity index (χ1) is 9.00. The number of thiophene rings is 1. The van der Waals surface area contributed by atoms with Crippen LogP contribution in [-0.4, -0.2) is 23.9 Å². The predicted molar refractivity (Wildman–Crippen MR) is 82.9 cm³/mol. The minimum atomic E-state index is 0.208. The van der Waals surface area contributed by atoms with Crippen molar-refractivity contribution in [3.8, 4) is 0 Å². The van der Waals surface area contributed by atoms with Gasteiger partial charge in [0.25, 0.3) is 5.91 Å². The van der Waals surface area contributed by atoms with Crippen LogP contribution in [0, 0.1) is 0 Å². The molecule has 0 radical (unpaired) electrons. The van der Waals surface area contributed by atoms with E-state index in [9.17, 15) is 4.79 Å². The number of hydrogen-bond acceptors (Lipinski definition) is 2. The second kappa shape index (κ2) is 5.91. The molecule has 0 atom stereocenters. The van der Waals surface area contributed by atoms with Crippen molar-refractivity contribution in [3.63, 3.8) is 0 Å². The van der Waals surface area contributed by atoms with Crippen LogP contribution in [-0.2, 0) is 0 Å². The molecule has 1 aromatic heterocycles. The molecule has 1 aliphatic heterocycles. The lowest BCUT2D eigenvalue weighted by atomic mass is 10.0. The molecule has 104 valence electrons. The Morgan fingerprint density at radius 1 is 1.32 bits per heavy atom. The first kappa shape index (κ1) is 14.3. The van der Waals surface area contributed by atoms with Crippen molar-refractivity contribution in [1.29, 1.82) is 0 Å². The zero-order valence-corrected chi connectivity index (χ0v) is 13.0. The lowest BCUT2D eigenvalue weighted by molar-refractivity contribution is 0.0729. The predicted octanol–water partition coefficient (Wildman–Crippen LogP) is 4.53. The SMILES string of the molecule is C=C(C)c1sc(C(=O)N2CCCCC2)cc1C(C)C. The van der Waals surface area contributed by atoms with Crippen LogP contribution in [0.1, 0.15) is 66.1 Å². The highest BCUT2D eigenvalue weighted by atomic mass is 32.1. The number of piperidine rings is 1. The van der Waals surface area contributed by atoms with Crippen molar-refractivity contribution < 1.29 is 4.79 Å². The fourth-order valence-corrected chi connectivity index (χ4v) is 3.73. The minimum absolute atomic E-state index is 0.208. The monoisotopic (exact) mass is 277 g/mol. The summed E-state index contributed by atoms with van der Waals surface area (Å²) >= 11 is 1.61. The average Bonchev–Trinajstić information content (AvgIpc) is 2.84. The Labute approximate surface area is 120 Å². The molecule has 1 saturated heterocycles. The van der Waals surface area contributed by atoms with Gasteiger partial charge < -0.3 is 4.90 Å². The largest absolute Gasteiger partial charge is 0.338 e. The van der Waals surface area contributed by atoms with Crippen molar-refractivity contribution in [2.24, 2.45) is 0 Å². The molecule has 3 heteroatoms. The van der Waals surface area contributed by atoms with Crippen molar-refractivity contribution in [2.75, 3.05) is 13.1 Å². The van der Waals surface area contributed by atoms with Crippen LogP contribution in [0.3, 0.4) is 0 Å². The topological polar surface area (TPSA) is 20.3 Å². The summed E-state index contributed by atoms with van der Waals surface area (Å²) in [5.74, 6) is 0.643. The molecule has 0 aliphatic carbocycles.